The second kappa shape index (κ2) is 8.06. The van der Waals surface area contributed by atoms with Crippen molar-refractivity contribution in [3.63, 3.8) is 0 Å². The van der Waals surface area contributed by atoms with Gasteiger partial charge < -0.3 is 15.0 Å². The molecule has 1 heterocycles. The molecule has 0 radical (unpaired) electrons. The van der Waals surface area contributed by atoms with Gasteiger partial charge in [-0.1, -0.05) is 0 Å². The van der Waals surface area contributed by atoms with E-state index in [-0.39, 0.29) is 30.1 Å². The Kier molecular flexibility index (Phi) is 5.84. The Bertz CT molecular complexity index is 790. The number of nitrogens with zero attached hydrogens (tertiary/aromatic N) is 3. The van der Waals surface area contributed by atoms with Crippen molar-refractivity contribution in [2.24, 2.45) is 0 Å². The van der Waals surface area contributed by atoms with Gasteiger partial charge in [-0.25, -0.2) is 18.6 Å². The molecular weight excluding hydrogens is 330 g/mol. The van der Waals surface area contributed by atoms with Crippen molar-refractivity contribution in [1.29, 1.82) is 5.26 Å². The molecule has 0 spiro atoms. The highest BCUT2D eigenvalue weighted by molar-refractivity contribution is 5.89. The van der Waals surface area contributed by atoms with Gasteiger partial charge in [0, 0.05) is 25.2 Å². The van der Waals surface area contributed by atoms with E-state index >= 15 is 0 Å². The number of benzene rings is 1. The molecule has 1 N–H and O–H groups in total. The Morgan fingerprint density at radius 2 is 2.16 bits per heavy atom. The molecule has 1 atom stereocenters. The van der Waals surface area contributed by atoms with E-state index in [4.69, 9.17) is 10.00 Å². The summed E-state index contributed by atoms with van der Waals surface area (Å²) in [5.41, 5.74) is 0.410. The molecule has 1 aromatic carbocycles. The molecular formula is C17H16F2N4O2. The number of nitrogens with one attached hydrogen (secondary N) is 1. The summed E-state index contributed by atoms with van der Waals surface area (Å²) in [6.45, 7) is 1.76. The number of pyridine rings is 1. The summed E-state index contributed by atoms with van der Waals surface area (Å²) in [6.07, 6.45) is 1.57. The number of carbonyl (C=O) groups excluding carboxylic acids is 1. The number of carbonyl (C=O) groups is 1. The van der Waals surface area contributed by atoms with Crippen LogP contribution in [0.25, 0.3) is 0 Å². The average Bonchev–Trinajstić information content (AvgIpc) is 2.58. The topological polar surface area (TPSA) is 78.2 Å². The maximum Gasteiger partial charge on any atom is 0.321 e. The van der Waals surface area contributed by atoms with Gasteiger partial charge in [0.2, 0.25) is 5.88 Å². The van der Waals surface area contributed by atoms with E-state index in [2.05, 4.69) is 10.3 Å². The van der Waals surface area contributed by atoms with Crippen LogP contribution in [0, 0.1) is 23.0 Å². The lowest BCUT2D eigenvalue weighted by atomic mass is 10.2. The van der Waals surface area contributed by atoms with Crippen LogP contribution in [0.2, 0.25) is 0 Å². The van der Waals surface area contributed by atoms with Crippen molar-refractivity contribution in [2.75, 3.05) is 12.4 Å². The van der Waals surface area contributed by atoms with Crippen molar-refractivity contribution >= 4 is 11.7 Å². The zero-order valence-corrected chi connectivity index (χ0v) is 13.7. The number of ether oxygens (including phenoxy) is 1. The molecule has 130 valence electrons. The molecule has 0 unspecified atom stereocenters. The van der Waals surface area contributed by atoms with Gasteiger partial charge in [-0.05, 0) is 25.1 Å². The molecule has 0 saturated carbocycles. The van der Waals surface area contributed by atoms with E-state index in [9.17, 15) is 13.6 Å². The zero-order valence-electron chi connectivity index (χ0n) is 13.7. The fraction of sp³-hybridized carbons (Fsp3) is 0.235. The number of anilines is 1. The van der Waals surface area contributed by atoms with Crippen molar-refractivity contribution in [2.45, 2.75) is 19.4 Å². The van der Waals surface area contributed by atoms with E-state index in [1.54, 1.807) is 14.0 Å². The monoisotopic (exact) mass is 346 g/mol. The van der Waals surface area contributed by atoms with Gasteiger partial charge in [-0.15, -0.1) is 0 Å². The Balaban J connectivity index is 2.00. The first-order valence-corrected chi connectivity index (χ1v) is 7.40. The summed E-state index contributed by atoms with van der Waals surface area (Å²) >= 11 is 0. The third-order valence-corrected chi connectivity index (χ3v) is 3.46. The highest BCUT2D eigenvalue weighted by atomic mass is 19.1. The van der Waals surface area contributed by atoms with Gasteiger partial charge in [0.1, 0.15) is 5.82 Å². The molecule has 0 aliphatic carbocycles. The molecule has 0 aliphatic rings. The zero-order chi connectivity index (χ0) is 18.4. The van der Waals surface area contributed by atoms with E-state index in [0.717, 1.165) is 12.1 Å². The molecule has 0 saturated heterocycles. The molecule has 1 aromatic heterocycles. The Morgan fingerprint density at radius 3 is 2.76 bits per heavy atom. The number of amides is 2. The number of urea groups is 1. The van der Waals surface area contributed by atoms with Gasteiger partial charge in [0.05, 0.1) is 24.4 Å². The van der Waals surface area contributed by atoms with Gasteiger partial charge >= 0.3 is 6.03 Å². The first-order chi connectivity index (χ1) is 11.9. The standard InChI is InChI=1S/C17H16F2N4O2/c1-11(7-8-20)23(2)17(24)22-13-4-6-16(21-10-13)25-15-5-3-12(18)9-14(15)19/h3-6,9-11H,7H2,1-2H3,(H,22,24)/t11-/m0/s1. The van der Waals surface area contributed by atoms with Crippen molar-refractivity contribution in [3.8, 4) is 17.7 Å². The smallest absolute Gasteiger partial charge is 0.321 e. The lowest BCUT2D eigenvalue weighted by molar-refractivity contribution is 0.208. The minimum atomic E-state index is -0.840. The van der Waals surface area contributed by atoms with Crippen molar-refractivity contribution in [1.82, 2.24) is 9.88 Å². The summed E-state index contributed by atoms with van der Waals surface area (Å²) < 4.78 is 31.6. The van der Waals surface area contributed by atoms with Crippen LogP contribution in [0.1, 0.15) is 13.3 Å². The van der Waals surface area contributed by atoms with Crippen LogP contribution in [0.3, 0.4) is 0 Å². The maximum atomic E-state index is 13.5. The molecule has 2 amide bonds. The highest BCUT2D eigenvalue weighted by Gasteiger charge is 2.15. The van der Waals surface area contributed by atoms with Crippen LogP contribution in [0.5, 0.6) is 11.6 Å². The number of halogens is 2. The van der Waals surface area contributed by atoms with E-state index in [0.29, 0.717) is 11.8 Å². The van der Waals surface area contributed by atoms with Gasteiger partial charge in [-0.2, -0.15) is 5.26 Å². The van der Waals surface area contributed by atoms with Crippen LogP contribution in [0.15, 0.2) is 36.5 Å². The van der Waals surface area contributed by atoms with Gasteiger partial charge in [0.25, 0.3) is 0 Å². The van der Waals surface area contributed by atoms with Crippen LogP contribution in [-0.2, 0) is 0 Å². The Labute approximate surface area is 143 Å². The first kappa shape index (κ1) is 18.1. The molecule has 25 heavy (non-hydrogen) atoms. The molecule has 2 aromatic rings. The van der Waals surface area contributed by atoms with Gasteiger partial charge in [-0.3, -0.25) is 0 Å². The average molecular weight is 346 g/mol. The molecule has 8 heteroatoms. The number of aromatic nitrogens is 1. The number of nitriles is 1. The second-order valence-corrected chi connectivity index (χ2v) is 5.31. The third kappa shape index (κ3) is 4.88. The predicted octanol–water partition coefficient (Wildman–Crippen LogP) is 3.92. The summed E-state index contributed by atoms with van der Waals surface area (Å²) in [5.74, 6) is -1.61. The Hall–Kier alpha value is -3.21. The van der Waals surface area contributed by atoms with Crippen molar-refractivity contribution in [3.05, 3.63) is 48.2 Å². The summed E-state index contributed by atoms with van der Waals surface area (Å²) in [4.78, 5) is 17.4. The SMILES string of the molecule is C[C@@H](CC#N)N(C)C(=O)Nc1ccc(Oc2ccc(F)cc2F)nc1. The van der Waals surface area contributed by atoms with Crippen LogP contribution in [-0.4, -0.2) is 29.0 Å². The normalized spacial score (nSPS) is 11.3. The van der Waals surface area contributed by atoms with Crippen LogP contribution in [0.4, 0.5) is 19.3 Å². The lowest BCUT2D eigenvalue weighted by Gasteiger charge is -2.23. The quantitative estimate of drug-likeness (QED) is 0.890. The largest absolute Gasteiger partial charge is 0.436 e. The van der Waals surface area contributed by atoms with Crippen molar-refractivity contribution < 1.29 is 18.3 Å². The van der Waals surface area contributed by atoms with E-state index in [1.807, 2.05) is 6.07 Å². The van der Waals surface area contributed by atoms with Crippen LogP contribution >= 0.6 is 0 Å². The molecule has 0 fully saturated rings. The predicted molar refractivity (Wildman–Crippen MR) is 87.1 cm³/mol. The lowest BCUT2D eigenvalue weighted by Crippen LogP contribution is -2.38. The number of hydrogen-bond donors (Lipinski definition) is 1. The second-order valence-electron chi connectivity index (χ2n) is 5.31. The number of hydrogen-bond acceptors (Lipinski definition) is 4. The van der Waals surface area contributed by atoms with Gasteiger partial charge in [0.15, 0.2) is 11.6 Å². The number of rotatable bonds is 5. The van der Waals surface area contributed by atoms with E-state index in [1.165, 1.54) is 23.2 Å². The van der Waals surface area contributed by atoms with E-state index < -0.39 is 11.6 Å². The molecule has 2 rings (SSSR count). The first-order valence-electron chi connectivity index (χ1n) is 7.40. The summed E-state index contributed by atoms with van der Waals surface area (Å²) in [7, 11) is 1.58. The summed E-state index contributed by atoms with van der Waals surface area (Å²) in [6, 6.07) is 7.30. The molecule has 0 aliphatic heterocycles. The van der Waals surface area contributed by atoms with Crippen LogP contribution < -0.4 is 10.1 Å². The fourth-order valence-corrected chi connectivity index (χ4v) is 1.87. The highest BCUT2D eigenvalue weighted by Crippen LogP contribution is 2.24. The Morgan fingerprint density at radius 1 is 1.40 bits per heavy atom. The molecule has 0 bridgehead atoms. The minimum absolute atomic E-state index is 0.0923. The maximum absolute atomic E-state index is 13.5. The summed E-state index contributed by atoms with van der Waals surface area (Å²) in [5, 5.41) is 11.3. The minimum Gasteiger partial charge on any atom is -0.436 e. The third-order valence-electron chi connectivity index (χ3n) is 3.46. The molecule has 6 nitrogen and oxygen atoms in total. The fourth-order valence-electron chi connectivity index (χ4n) is 1.87.